The Balaban J connectivity index is 1.69. The Morgan fingerprint density at radius 2 is 1.82 bits per heavy atom. The van der Waals surface area contributed by atoms with Crippen LogP contribution < -0.4 is 10.1 Å². The van der Waals surface area contributed by atoms with Gasteiger partial charge in [-0.3, -0.25) is 14.5 Å². The second-order valence-electron chi connectivity index (χ2n) is 8.34. The molecule has 0 fully saturated rings. The molecule has 0 spiro atoms. The lowest BCUT2D eigenvalue weighted by Crippen LogP contribution is -2.31. The number of ether oxygens (including phenoxy) is 1. The summed E-state index contributed by atoms with van der Waals surface area (Å²) in [6.07, 6.45) is 1.51. The standard InChI is InChI=1S/C26H25ClN2O4/c1-16(2)15-33-20-10-7-18(8-11-20)23-24(28-19-9-6-17(3)22(27)13-19)26(31)29(25(23)30)14-21-5-4-12-32-21/h4-13,16,28H,14-15H2,1-3H3. The number of carbonyl (C=O) groups excluding carboxylic acids is 2. The molecule has 2 amide bonds. The minimum absolute atomic E-state index is 0.0452. The van der Waals surface area contributed by atoms with E-state index in [0.29, 0.717) is 45.9 Å². The number of nitrogens with one attached hydrogen (secondary N) is 1. The number of rotatable bonds is 8. The highest BCUT2D eigenvalue weighted by Crippen LogP contribution is 2.33. The van der Waals surface area contributed by atoms with Crippen molar-refractivity contribution in [2.45, 2.75) is 27.3 Å². The molecule has 1 aliphatic rings. The number of anilines is 1. The summed E-state index contributed by atoms with van der Waals surface area (Å²) in [5, 5.41) is 3.69. The lowest BCUT2D eigenvalue weighted by Gasteiger charge is -2.14. The van der Waals surface area contributed by atoms with Crippen LogP contribution in [0.4, 0.5) is 5.69 Å². The monoisotopic (exact) mass is 464 g/mol. The number of amides is 2. The van der Waals surface area contributed by atoms with Crippen molar-refractivity contribution in [1.29, 1.82) is 0 Å². The predicted octanol–water partition coefficient (Wildman–Crippen LogP) is 5.67. The maximum absolute atomic E-state index is 13.4. The van der Waals surface area contributed by atoms with Crippen LogP contribution in [0.2, 0.25) is 5.02 Å². The van der Waals surface area contributed by atoms with E-state index >= 15 is 0 Å². The summed E-state index contributed by atoms with van der Waals surface area (Å²) < 4.78 is 11.1. The molecule has 0 unspecified atom stereocenters. The summed E-state index contributed by atoms with van der Waals surface area (Å²) in [5.41, 5.74) is 2.64. The molecular weight excluding hydrogens is 440 g/mol. The average Bonchev–Trinajstić information content (AvgIpc) is 3.38. The van der Waals surface area contributed by atoms with E-state index in [2.05, 4.69) is 19.2 Å². The maximum atomic E-state index is 13.4. The molecule has 1 aromatic heterocycles. The van der Waals surface area contributed by atoms with E-state index in [0.717, 1.165) is 5.56 Å². The molecule has 0 radical (unpaired) electrons. The third kappa shape index (κ3) is 4.96. The van der Waals surface area contributed by atoms with Gasteiger partial charge in [0.1, 0.15) is 17.2 Å². The molecule has 4 rings (SSSR count). The smallest absolute Gasteiger partial charge is 0.278 e. The topological polar surface area (TPSA) is 71.8 Å². The van der Waals surface area contributed by atoms with Gasteiger partial charge in [-0.15, -0.1) is 0 Å². The third-order valence-corrected chi connectivity index (χ3v) is 5.64. The van der Waals surface area contributed by atoms with Crippen molar-refractivity contribution in [1.82, 2.24) is 4.90 Å². The first-order chi connectivity index (χ1) is 15.8. The van der Waals surface area contributed by atoms with Gasteiger partial charge in [-0.05, 0) is 60.4 Å². The number of carbonyl (C=O) groups is 2. The number of hydrogen-bond acceptors (Lipinski definition) is 5. The number of nitrogens with zero attached hydrogens (tertiary/aromatic N) is 1. The average molecular weight is 465 g/mol. The van der Waals surface area contributed by atoms with Crippen molar-refractivity contribution in [3.63, 3.8) is 0 Å². The fraction of sp³-hybridized carbons (Fsp3) is 0.231. The number of benzene rings is 2. The van der Waals surface area contributed by atoms with Gasteiger partial charge >= 0.3 is 0 Å². The van der Waals surface area contributed by atoms with Crippen molar-refractivity contribution >= 4 is 34.7 Å². The molecule has 33 heavy (non-hydrogen) atoms. The first-order valence-corrected chi connectivity index (χ1v) is 11.1. The van der Waals surface area contributed by atoms with Crippen LogP contribution >= 0.6 is 11.6 Å². The zero-order chi connectivity index (χ0) is 23.5. The molecule has 2 heterocycles. The van der Waals surface area contributed by atoms with E-state index in [9.17, 15) is 9.59 Å². The Morgan fingerprint density at radius 1 is 1.06 bits per heavy atom. The van der Waals surface area contributed by atoms with E-state index in [4.69, 9.17) is 20.8 Å². The number of furan rings is 1. The van der Waals surface area contributed by atoms with E-state index in [1.165, 1.54) is 11.2 Å². The Labute approximate surface area is 197 Å². The fourth-order valence-corrected chi connectivity index (χ4v) is 3.64. The van der Waals surface area contributed by atoms with Crippen LogP contribution in [-0.4, -0.2) is 23.3 Å². The first kappa shape index (κ1) is 22.7. The van der Waals surface area contributed by atoms with Crippen LogP contribution in [-0.2, 0) is 16.1 Å². The lowest BCUT2D eigenvalue weighted by atomic mass is 10.0. The minimum Gasteiger partial charge on any atom is -0.493 e. The first-order valence-electron chi connectivity index (χ1n) is 10.7. The van der Waals surface area contributed by atoms with Gasteiger partial charge in [0.2, 0.25) is 0 Å². The lowest BCUT2D eigenvalue weighted by molar-refractivity contribution is -0.137. The number of imide groups is 1. The molecule has 170 valence electrons. The van der Waals surface area contributed by atoms with Gasteiger partial charge in [-0.25, -0.2) is 0 Å². The predicted molar refractivity (Wildman–Crippen MR) is 128 cm³/mol. The molecule has 0 saturated carbocycles. The Bertz CT molecular complexity index is 1200. The van der Waals surface area contributed by atoms with Gasteiger partial charge in [0.05, 0.1) is 25.0 Å². The molecule has 0 aliphatic carbocycles. The largest absolute Gasteiger partial charge is 0.493 e. The second-order valence-corrected chi connectivity index (χ2v) is 8.75. The SMILES string of the molecule is Cc1ccc(NC2=C(c3ccc(OCC(C)C)cc3)C(=O)N(Cc3ccco3)C2=O)cc1Cl. The van der Waals surface area contributed by atoms with Gasteiger partial charge in [-0.1, -0.05) is 43.6 Å². The van der Waals surface area contributed by atoms with Crippen molar-refractivity contribution < 1.29 is 18.7 Å². The van der Waals surface area contributed by atoms with Crippen LogP contribution in [0.1, 0.15) is 30.7 Å². The van der Waals surface area contributed by atoms with E-state index in [1.54, 1.807) is 42.5 Å². The summed E-state index contributed by atoms with van der Waals surface area (Å²) in [5.74, 6) is 0.801. The molecule has 7 heteroatoms. The highest BCUT2D eigenvalue weighted by molar-refractivity contribution is 6.36. The van der Waals surface area contributed by atoms with Gasteiger partial charge in [0.25, 0.3) is 11.8 Å². The molecular formula is C26H25ClN2O4. The molecule has 0 atom stereocenters. The van der Waals surface area contributed by atoms with Gasteiger partial charge in [0, 0.05) is 10.7 Å². The molecule has 6 nitrogen and oxygen atoms in total. The summed E-state index contributed by atoms with van der Waals surface area (Å²) >= 11 is 6.27. The molecule has 0 bridgehead atoms. The Kier molecular flexibility index (Phi) is 6.56. The van der Waals surface area contributed by atoms with E-state index < -0.39 is 11.8 Å². The fourth-order valence-electron chi connectivity index (χ4n) is 3.46. The second kappa shape index (κ2) is 9.55. The van der Waals surface area contributed by atoms with Crippen LogP contribution in [0.15, 0.2) is 71.0 Å². The van der Waals surface area contributed by atoms with E-state index in [-0.39, 0.29) is 12.2 Å². The van der Waals surface area contributed by atoms with Gasteiger partial charge in [-0.2, -0.15) is 0 Å². The van der Waals surface area contributed by atoms with Crippen molar-refractivity contribution in [3.8, 4) is 5.75 Å². The summed E-state index contributed by atoms with van der Waals surface area (Å²) in [4.78, 5) is 27.9. The van der Waals surface area contributed by atoms with E-state index in [1.807, 2.05) is 19.1 Å². The molecule has 0 saturated heterocycles. The van der Waals surface area contributed by atoms with Crippen LogP contribution in [0.5, 0.6) is 5.75 Å². The van der Waals surface area contributed by atoms with Crippen molar-refractivity contribution in [3.05, 3.63) is 88.5 Å². The number of hydrogen-bond donors (Lipinski definition) is 1. The zero-order valence-electron chi connectivity index (χ0n) is 18.7. The maximum Gasteiger partial charge on any atom is 0.278 e. The van der Waals surface area contributed by atoms with Gasteiger partial charge < -0.3 is 14.5 Å². The summed E-state index contributed by atoms with van der Waals surface area (Å²) in [6.45, 7) is 6.69. The molecule has 3 aromatic rings. The highest BCUT2D eigenvalue weighted by atomic mass is 35.5. The summed E-state index contributed by atoms with van der Waals surface area (Å²) in [6, 6.07) is 16.0. The Morgan fingerprint density at radius 3 is 2.45 bits per heavy atom. The summed E-state index contributed by atoms with van der Waals surface area (Å²) in [7, 11) is 0. The normalized spacial score (nSPS) is 13.9. The van der Waals surface area contributed by atoms with Crippen LogP contribution in [0.3, 0.4) is 0 Å². The number of halogens is 1. The van der Waals surface area contributed by atoms with Crippen molar-refractivity contribution in [2.24, 2.45) is 5.92 Å². The van der Waals surface area contributed by atoms with Crippen LogP contribution in [0, 0.1) is 12.8 Å². The molecule has 2 aromatic carbocycles. The Hall–Kier alpha value is -3.51. The third-order valence-electron chi connectivity index (χ3n) is 5.23. The van der Waals surface area contributed by atoms with Crippen molar-refractivity contribution in [2.75, 3.05) is 11.9 Å². The molecule has 1 N–H and O–H groups in total. The van der Waals surface area contributed by atoms with Crippen LogP contribution in [0.25, 0.3) is 5.57 Å². The quantitative estimate of drug-likeness (QED) is 0.435. The zero-order valence-corrected chi connectivity index (χ0v) is 19.5. The number of aryl methyl sites for hydroxylation is 1. The minimum atomic E-state index is -0.428. The molecule has 1 aliphatic heterocycles. The van der Waals surface area contributed by atoms with Gasteiger partial charge in [0.15, 0.2) is 0 Å². The highest BCUT2D eigenvalue weighted by Gasteiger charge is 2.39.